The minimum Gasteiger partial charge on any atom is -0.398 e. The summed E-state index contributed by atoms with van der Waals surface area (Å²) in [5, 5.41) is 0. The Morgan fingerprint density at radius 3 is 3.00 bits per heavy atom. The summed E-state index contributed by atoms with van der Waals surface area (Å²) in [6.07, 6.45) is 6.63. The molecule has 0 aromatic carbocycles. The minimum absolute atomic E-state index is 0.0395. The Morgan fingerprint density at radius 2 is 2.22 bits per heavy atom. The summed E-state index contributed by atoms with van der Waals surface area (Å²) < 4.78 is 1.71. The first-order valence-electron chi connectivity index (χ1n) is 6.90. The van der Waals surface area contributed by atoms with Crippen molar-refractivity contribution in [3.63, 3.8) is 0 Å². The van der Waals surface area contributed by atoms with Crippen molar-refractivity contribution in [1.82, 2.24) is 9.47 Å². The first kappa shape index (κ1) is 13.1. The highest BCUT2D eigenvalue weighted by Crippen LogP contribution is 2.19. The number of aryl methyl sites for hydroxylation is 1. The zero-order chi connectivity index (χ0) is 13.0. The molecule has 1 saturated heterocycles. The van der Waals surface area contributed by atoms with Gasteiger partial charge in [-0.1, -0.05) is 6.92 Å². The van der Waals surface area contributed by atoms with Gasteiger partial charge in [0.1, 0.15) is 0 Å². The third-order valence-electron chi connectivity index (χ3n) is 3.82. The Morgan fingerprint density at radius 1 is 1.39 bits per heavy atom. The molecular weight excluding hydrogens is 226 g/mol. The number of aromatic nitrogens is 1. The van der Waals surface area contributed by atoms with E-state index in [0.717, 1.165) is 25.6 Å². The van der Waals surface area contributed by atoms with Crippen LogP contribution >= 0.6 is 0 Å². The van der Waals surface area contributed by atoms with E-state index >= 15 is 0 Å². The summed E-state index contributed by atoms with van der Waals surface area (Å²) in [4.78, 5) is 14.2. The summed E-state index contributed by atoms with van der Waals surface area (Å²) in [5.41, 5.74) is 6.39. The van der Waals surface area contributed by atoms with E-state index in [0.29, 0.717) is 5.69 Å². The van der Waals surface area contributed by atoms with Crippen LogP contribution in [0.1, 0.15) is 32.6 Å². The third kappa shape index (κ3) is 3.13. The molecule has 1 aliphatic heterocycles. The Bertz CT molecular complexity index is 441. The van der Waals surface area contributed by atoms with Gasteiger partial charge in [0.2, 0.25) is 0 Å². The second-order valence-electron chi connectivity index (χ2n) is 5.09. The van der Waals surface area contributed by atoms with Gasteiger partial charge in [-0.15, -0.1) is 0 Å². The second-order valence-corrected chi connectivity index (χ2v) is 5.09. The second kappa shape index (κ2) is 6.05. The fourth-order valence-corrected chi connectivity index (χ4v) is 2.82. The summed E-state index contributed by atoms with van der Waals surface area (Å²) in [6, 6.07) is 3.95. The first-order chi connectivity index (χ1) is 8.70. The zero-order valence-corrected chi connectivity index (χ0v) is 11.1. The average molecular weight is 249 g/mol. The van der Waals surface area contributed by atoms with Gasteiger partial charge >= 0.3 is 0 Å². The predicted octanol–water partition coefficient (Wildman–Crippen LogP) is 1.70. The van der Waals surface area contributed by atoms with E-state index in [9.17, 15) is 4.79 Å². The molecule has 4 heteroatoms. The molecule has 2 N–H and O–H groups in total. The SMILES string of the molecule is CCC1CCCN1CCCn1cc(N)ccc1=O. The lowest BCUT2D eigenvalue weighted by Crippen LogP contribution is -2.31. The van der Waals surface area contributed by atoms with Crippen molar-refractivity contribution in [2.24, 2.45) is 0 Å². The molecule has 0 radical (unpaired) electrons. The van der Waals surface area contributed by atoms with Crippen molar-refractivity contribution in [2.75, 3.05) is 18.8 Å². The van der Waals surface area contributed by atoms with Gasteiger partial charge in [0.15, 0.2) is 0 Å². The quantitative estimate of drug-likeness (QED) is 0.864. The lowest BCUT2D eigenvalue weighted by atomic mass is 10.2. The Kier molecular flexibility index (Phi) is 4.42. The summed E-state index contributed by atoms with van der Waals surface area (Å²) >= 11 is 0. The van der Waals surface area contributed by atoms with Gasteiger partial charge in [0.05, 0.1) is 0 Å². The predicted molar refractivity (Wildman–Crippen MR) is 74.6 cm³/mol. The van der Waals surface area contributed by atoms with Crippen molar-refractivity contribution in [3.8, 4) is 0 Å². The van der Waals surface area contributed by atoms with Crippen LogP contribution in [0.5, 0.6) is 0 Å². The zero-order valence-electron chi connectivity index (χ0n) is 11.1. The maximum absolute atomic E-state index is 11.6. The number of nitrogens with two attached hydrogens (primary N) is 1. The molecule has 18 heavy (non-hydrogen) atoms. The van der Waals surface area contributed by atoms with Crippen molar-refractivity contribution < 1.29 is 0 Å². The maximum atomic E-state index is 11.6. The van der Waals surface area contributed by atoms with Gasteiger partial charge in [0.25, 0.3) is 5.56 Å². The molecule has 0 saturated carbocycles. The van der Waals surface area contributed by atoms with Crippen molar-refractivity contribution in [1.29, 1.82) is 0 Å². The molecule has 0 bridgehead atoms. The molecule has 2 rings (SSSR count). The largest absolute Gasteiger partial charge is 0.398 e. The number of hydrogen-bond acceptors (Lipinski definition) is 3. The number of anilines is 1. The Labute approximate surface area is 108 Å². The summed E-state index contributed by atoms with van der Waals surface area (Å²) in [5.74, 6) is 0. The van der Waals surface area contributed by atoms with Gasteiger partial charge < -0.3 is 15.2 Å². The van der Waals surface area contributed by atoms with E-state index in [1.807, 2.05) is 0 Å². The van der Waals surface area contributed by atoms with Crippen molar-refractivity contribution in [3.05, 3.63) is 28.7 Å². The number of hydrogen-bond donors (Lipinski definition) is 1. The molecule has 1 fully saturated rings. The van der Waals surface area contributed by atoms with E-state index in [2.05, 4.69) is 11.8 Å². The van der Waals surface area contributed by atoms with Gasteiger partial charge in [-0.3, -0.25) is 4.79 Å². The molecular formula is C14H23N3O. The minimum atomic E-state index is 0.0395. The lowest BCUT2D eigenvalue weighted by Gasteiger charge is -2.23. The highest BCUT2D eigenvalue weighted by molar-refractivity contribution is 5.33. The molecule has 1 aromatic heterocycles. The number of nitrogen functional groups attached to an aromatic ring is 1. The maximum Gasteiger partial charge on any atom is 0.250 e. The van der Waals surface area contributed by atoms with Crippen LogP contribution in [0.2, 0.25) is 0 Å². The normalized spacial score (nSPS) is 20.4. The van der Waals surface area contributed by atoms with Crippen molar-refractivity contribution >= 4 is 5.69 Å². The van der Waals surface area contributed by atoms with Gasteiger partial charge in [-0.2, -0.15) is 0 Å². The first-order valence-corrected chi connectivity index (χ1v) is 6.90. The van der Waals surface area contributed by atoms with Crippen LogP contribution in [0.3, 0.4) is 0 Å². The van der Waals surface area contributed by atoms with Crippen LogP contribution < -0.4 is 11.3 Å². The molecule has 1 aliphatic rings. The lowest BCUT2D eigenvalue weighted by molar-refractivity contribution is 0.241. The van der Waals surface area contributed by atoms with E-state index in [1.165, 1.54) is 25.8 Å². The summed E-state index contributed by atoms with van der Waals surface area (Å²) in [7, 11) is 0. The number of pyridine rings is 1. The highest BCUT2D eigenvalue weighted by atomic mass is 16.1. The molecule has 100 valence electrons. The molecule has 4 nitrogen and oxygen atoms in total. The molecule has 2 heterocycles. The molecule has 0 spiro atoms. The highest BCUT2D eigenvalue weighted by Gasteiger charge is 2.21. The van der Waals surface area contributed by atoms with Gasteiger partial charge in [-0.25, -0.2) is 0 Å². The van der Waals surface area contributed by atoms with Crippen LogP contribution in [-0.2, 0) is 6.54 Å². The fourth-order valence-electron chi connectivity index (χ4n) is 2.82. The standard InChI is InChI=1S/C14H23N3O/c1-2-13-5-3-8-16(13)9-4-10-17-11-12(15)6-7-14(17)18/h6-7,11,13H,2-5,8-10,15H2,1H3. The molecule has 1 aromatic rings. The number of nitrogens with zero attached hydrogens (tertiary/aromatic N) is 2. The molecule has 0 aliphatic carbocycles. The Hall–Kier alpha value is -1.29. The van der Waals surface area contributed by atoms with Gasteiger partial charge in [0, 0.05) is 37.1 Å². The third-order valence-corrected chi connectivity index (χ3v) is 3.82. The van der Waals surface area contributed by atoms with E-state index in [4.69, 9.17) is 5.73 Å². The topological polar surface area (TPSA) is 51.3 Å². The van der Waals surface area contributed by atoms with Crippen LogP contribution in [0.15, 0.2) is 23.1 Å². The fraction of sp³-hybridized carbons (Fsp3) is 0.643. The van der Waals surface area contributed by atoms with Crippen LogP contribution in [0, 0.1) is 0 Å². The van der Waals surface area contributed by atoms with Crippen molar-refractivity contribution in [2.45, 2.75) is 45.2 Å². The smallest absolute Gasteiger partial charge is 0.250 e. The molecule has 1 atom stereocenters. The van der Waals surface area contributed by atoms with E-state index < -0.39 is 0 Å². The average Bonchev–Trinajstić information content (AvgIpc) is 2.81. The van der Waals surface area contributed by atoms with Crippen LogP contribution in [0.4, 0.5) is 5.69 Å². The van der Waals surface area contributed by atoms with E-state index in [-0.39, 0.29) is 5.56 Å². The van der Waals surface area contributed by atoms with Crippen LogP contribution in [-0.4, -0.2) is 28.6 Å². The van der Waals surface area contributed by atoms with Crippen LogP contribution in [0.25, 0.3) is 0 Å². The monoisotopic (exact) mass is 249 g/mol. The van der Waals surface area contributed by atoms with Gasteiger partial charge in [-0.05, 0) is 38.3 Å². The Balaban J connectivity index is 1.85. The number of rotatable bonds is 5. The molecule has 0 amide bonds. The summed E-state index contributed by atoms with van der Waals surface area (Å²) in [6.45, 7) is 5.31. The molecule has 1 unspecified atom stereocenters. The van der Waals surface area contributed by atoms with E-state index in [1.54, 1.807) is 22.9 Å². The number of likely N-dealkylation sites (tertiary alicyclic amines) is 1.